The zero-order chi connectivity index (χ0) is 9.84. The van der Waals surface area contributed by atoms with Crippen LogP contribution >= 0.6 is 11.6 Å². The molecule has 2 nitrogen and oxygen atoms in total. The topological polar surface area (TPSA) is 46.2 Å². The first-order chi connectivity index (χ1) is 6.13. The summed E-state index contributed by atoms with van der Waals surface area (Å²) < 4.78 is 0. The molecule has 0 saturated heterocycles. The highest BCUT2D eigenvalue weighted by Gasteiger charge is 2.04. The van der Waals surface area contributed by atoms with Crippen molar-refractivity contribution in [3.8, 4) is 5.75 Å². The van der Waals surface area contributed by atoms with Gasteiger partial charge in [0.1, 0.15) is 5.75 Å². The van der Waals surface area contributed by atoms with E-state index >= 15 is 0 Å². The molecule has 0 aliphatic heterocycles. The van der Waals surface area contributed by atoms with Gasteiger partial charge in [0.25, 0.3) is 0 Å². The van der Waals surface area contributed by atoms with Gasteiger partial charge in [0, 0.05) is 11.9 Å². The number of aromatic hydroxyl groups is 1. The molecule has 0 spiro atoms. The molecule has 0 aromatic heterocycles. The van der Waals surface area contributed by atoms with Crippen LogP contribution < -0.4 is 5.73 Å². The second-order valence-corrected chi connectivity index (χ2v) is 3.55. The van der Waals surface area contributed by atoms with Gasteiger partial charge in [-0.3, -0.25) is 0 Å². The maximum absolute atomic E-state index is 9.48. The highest BCUT2D eigenvalue weighted by atomic mass is 35.5. The summed E-state index contributed by atoms with van der Waals surface area (Å²) in [5, 5.41) is 9.48. The summed E-state index contributed by atoms with van der Waals surface area (Å²) in [4.78, 5) is 0. The van der Waals surface area contributed by atoms with Crippen molar-refractivity contribution in [1.82, 2.24) is 0 Å². The van der Waals surface area contributed by atoms with Crippen molar-refractivity contribution in [2.75, 3.05) is 0 Å². The highest BCUT2D eigenvalue weighted by molar-refractivity contribution is 6.17. The zero-order valence-corrected chi connectivity index (χ0v) is 8.38. The minimum atomic E-state index is 0.0523. The number of benzene rings is 1. The summed E-state index contributed by atoms with van der Waals surface area (Å²) in [7, 11) is 0. The Morgan fingerprint density at radius 1 is 1.54 bits per heavy atom. The van der Waals surface area contributed by atoms with E-state index in [4.69, 9.17) is 17.3 Å². The van der Waals surface area contributed by atoms with Crippen LogP contribution in [0.5, 0.6) is 5.75 Å². The van der Waals surface area contributed by atoms with Gasteiger partial charge < -0.3 is 10.8 Å². The molecule has 0 radical (unpaired) electrons. The van der Waals surface area contributed by atoms with Crippen LogP contribution in [0.1, 0.15) is 18.1 Å². The van der Waals surface area contributed by atoms with Gasteiger partial charge in [-0.25, -0.2) is 0 Å². The predicted octanol–water partition coefficient (Wildman–Crippen LogP) is 2.02. The molecule has 0 amide bonds. The van der Waals surface area contributed by atoms with Crippen LogP contribution in [0.15, 0.2) is 18.2 Å². The lowest BCUT2D eigenvalue weighted by molar-refractivity contribution is 0.465. The summed E-state index contributed by atoms with van der Waals surface area (Å²) in [6.45, 7) is 1.91. The van der Waals surface area contributed by atoms with Gasteiger partial charge in [-0.15, -0.1) is 11.6 Å². The molecule has 0 fully saturated rings. The second kappa shape index (κ2) is 4.49. The number of alkyl halides is 1. The predicted molar refractivity (Wildman–Crippen MR) is 55.0 cm³/mol. The Morgan fingerprint density at radius 3 is 2.77 bits per heavy atom. The highest BCUT2D eigenvalue weighted by Crippen LogP contribution is 2.20. The fourth-order valence-electron chi connectivity index (χ4n) is 1.23. The fraction of sp³-hybridized carbons (Fsp3) is 0.400. The van der Waals surface area contributed by atoms with Crippen LogP contribution in [0, 0.1) is 0 Å². The first kappa shape index (κ1) is 10.4. The lowest BCUT2D eigenvalue weighted by atomic mass is 10.0. The standard InChI is InChI=1S/C10H14ClNO/c1-7(12)4-9-5-8(6-11)2-3-10(9)13/h2-3,5,7,13H,4,6,12H2,1H3. The number of phenolic OH excluding ortho intramolecular Hbond substituents is 1. The normalized spacial score (nSPS) is 12.8. The molecule has 1 aromatic carbocycles. The molecule has 13 heavy (non-hydrogen) atoms. The van der Waals surface area contributed by atoms with Crippen LogP contribution in [0.4, 0.5) is 0 Å². The van der Waals surface area contributed by atoms with Crippen molar-refractivity contribution in [2.24, 2.45) is 5.73 Å². The van der Waals surface area contributed by atoms with Gasteiger partial charge in [0.15, 0.2) is 0 Å². The van der Waals surface area contributed by atoms with E-state index < -0.39 is 0 Å². The summed E-state index contributed by atoms with van der Waals surface area (Å²) >= 11 is 5.67. The third kappa shape index (κ3) is 2.90. The summed E-state index contributed by atoms with van der Waals surface area (Å²) in [6, 6.07) is 5.42. The van der Waals surface area contributed by atoms with Crippen LogP contribution in [0.3, 0.4) is 0 Å². The number of hydrogen-bond donors (Lipinski definition) is 2. The van der Waals surface area contributed by atoms with Gasteiger partial charge in [-0.2, -0.15) is 0 Å². The van der Waals surface area contributed by atoms with Gasteiger partial charge in [0.2, 0.25) is 0 Å². The molecule has 72 valence electrons. The molecule has 0 saturated carbocycles. The van der Waals surface area contributed by atoms with E-state index in [1.54, 1.807) is 6.07 Å². The first-order valence-corrected chi connectivity index (χ1v) is 4.79. The van der Waals surface area contributed by atoms with Crippen LogP contribution in [0.25, 0.3) is 0 Å². The molecule has 1 atom stereocenters. The summed E-state index contributed by atoms with van der Waals surface area (Å²) in [6.07, 6.45) is 0.677. The Balaban J connectivity index is 2.90. The lowest BCUT2D eigenvalue weighted by Gasteiger charge is -2.08. The molecule has 0 bridgehead atoms. The van der Waals surface area contributed by atoms with Crippen molar-refractivity contribution in [2.45, 2.75) is 25.3 Å². The molecule has 1 rings (SSSR count). The van der Waals surface area contributed by atoms with Crippen molar-refractivity contribution >= 4 is 11.6 Å². The molecular formula is C10H14ClNO. The van der Waals surface area contributed by atoms with Gasteiger partial charge >= 0.3 is 0 Å². The Kier molecular flexibility index (Phi) is 3.58. The average Bonchev–Trinajstić information content (AvgIpc) is 2.08. The molecule has 3 N–H and O–H groups in total. The Labute approximate surface area is 83.3 Å². The number of hydrogen-bond acceptors (Lipinski definition) is 2. The van der Waals surface area contributed by atoms with Crippen LogP contribution in [0.2, 0.25) is 0 Å². The lowest BCUT2D eigenvalue weighted by Crippen LogP contribution is -2.17. The third-order valence-electron chi connectivity index (χ3n) is 1.84. The smallest absolute Gasteiger partial charge is 0.118 e. The summed E-state index contributed by atoms with van der Waals surface area (Å²) in [5.74, 6) is 0.762. The fourth-order valence-corrected chi connectivity index (χ4v) is 1.40. The van der Waals surface area contributed by atoms with Crippen molar-refractivity contribution in [3.05, 3.63) is 29.3 Å². The number of nitrogens with two attached hydrogens (primary N) is 1. The van der Waals surface area contributed by atoms with Gasteiger partial charge in [-0.05, 0) is 30.5 Å². The third-order valence-corrected chi connectivity index (χ3v) is 2.15. The van der Waals surface area contributed by atoms with Crippen molar-refractivity contribution in [3.63, 3.8) is 0 Å². The van der Waals surface area contributed by atoms with E-state index in [1.165, 1.54) is 0 Å². The number of halogens is 1. The molecule has 0 aliphatic rings. The van der Waals surface area contributed by atoms with Crippen LogP contribution in [-0.4, -0.2) is 11.1 Å². The van der Waals surface area contributed by atoms with E-state index in [1.807, 2.05) is 19.1 Å². The molecule has 0 heterocycles. The minimum Gasteiger partial charge on any atom is -0.508 e. The Bertz CT molecular complexity index is 286. The zero-order valence-electron chi connectivity index (χ0n) is 7.63. The Hall–Kier alpha value is -0.730. The molecule has 1 unspecified atom stereocenters. The van der Waals surface area contributed by atoms with E-state index in [2.05, 4.69) is 0 Å². The van der Waals surface area contributed by atoms with Crippen LogP contribution in [-0.2, 0) is 12.3 Å². The maximum Gasteiger partial charge on any atom is 0.118 e. The number of phenols is 1. The van der Waals surface area contributed by atoms with Gasteiger partial charge in [-0.1, -0.05) is 12.1 Å². The Morgan fingerprint density at radius 2 is 2.23 bits per heavy atom. The van der Waals surface area contributed by atoms with Gasteiger partial charge in [0.05, 0.1) is 0 Å². The molecular weight excluding hydrogens is 186 g/mol. The molecule has 1 aromatic rings. The van der Waals surface area contributed by atoms with E-state index in [0.717, 1.165) is 11.1 Å². The quantitative estimate of drug-likeness (QED) is 0.732. The van der Waals surface area contributed by atoms with E-state index in [0.29, 0.717) is 18.1 Å². The summed E-state index contributed by atoms with van der Waals surface area (Å²) in [5.41, 5.74) is 7.52. The molecule has 0 aliphatic carbocycles. The average molecular weight is 200 g/mol. The van der Waals surface area contributed by atoms with E-state index in [9.17, 15) is 5.11 Å². The maximum atomic E-state index is 9.48. The largest absolute Gasteiger partial charge is 0.508 e. The van der Waals surface area contributed by atoms with Crippen molar-refractivity contribution < 1.29 is 5.11 Å². The SMILES string of the molecule is CC(N)Cc1cc(CCl)ccc1O. The first-order valence-electron chi connectivity index (χ1n) is 4.25. The second-order valence-electron chi connectivity index (χ2n) is 3.28. The number of rotatable bonds is 3. The minimum absolute atomic E-state index is 0.0523. The van der Waals surface area contributed by atoms with Crippen molar-refractivity contribution in [1.29, 1.82) is 0 Å². The molecule has 3 heteroatoms. The van der Waals surface area contributed by atoms with E-state index in [-0.39, 0.29) is 6.04 Å². The monoisotopic (exact) mass is 199 g/mol.